The number of hydrogen-bond acceptors (Lipinski definition) is 4. The number of rotatable bonds is 3. The van der Waals surface area contributed by atoms with E-state index in [1.807, 2.05) is 31.2 Å². The summed E-state index contributed by atoms with van der Waals surface area (Å²) in [5, 5.41) is 9.31. The van der Waals surface area contributed by atoms with Crippen molar-refractivity contribution in [3.63, 3.8) is 0 Å². The van der Waals surface area contributed by atoms with Gasteiger partial charge in [0.15, 0.2) is 6.10 Å². The van der Waals surface area contributed by atoms with Gasteiger partial charge in [0.2, 0.25) is 5.91 Å². The number of aliphatic carboxylic acids is 1. The maximum absolute atomic E-state index is 13.6. The maximum atomic E-state index is 13.6. The van der Waals surface area contributed by atoms with Gasteiger partial charge in [0.25, 0.3) is 0 Å². The summed E-state index contributed by atoms with van der Waals surface area (Å²) in [7, 11) is 0. The van der Waals surface area contributed by atoms with Crippen molar-refractivity contribution in [3.8, 4) is 0 Å². The third-order valence-corrected chi connectivity index (χ3v) is 5.24. The minimum Gasteiger partial charge on any atom is -0.479 e. The molecule has 1 aromatic carbocycles. The van der Waals surface area contributed by atoms with E-state index >= 15 is 0 Å². The van der Waals surface area contributed by atoms with Gasteiger partial charge in [-0.2, -0.15) is 0 Å². The van der Waals surface area contributed by atoms with Gasteiger partial charge in [-0.05, 0) is 37.8 Å². The van der Waals surface area contributed by atoms with Crippen LogP contribution < -0.4 is 0 Å². The Morgan fingerprint density at radius 3 is 2.52 bits per heavy atom. The highest BCUT2D eigenvalue weighted by Crippen LogP contribution is 2.39. The third-order valence-electron chi connectivity index (χ3n) is 5.24. The number of amides is 1. The third kappa shape index (κ3) is 3.41. The second-order valence-electron chi connectivity index (χ2n) is 6.99. The average molecular weight is 347 g/mol. The molecule has 0 spiro atoms. The van der Waals surface area contributed by atoms with Crippen LogP contribution in [0.15, 0.2) is 24.3 Å². The molecule has 0 bridgehead atoms. The lowest BCUT2D eigenvalue weighted by Gasteiger charge is -2.44. The van der Waals surface area contributed by atoms with Gasteiger partial charge in [-0.3, -0.25) is 4.79 Å². The molecule has 2 atom stereocenters. The van der Waals surface area contributed by atoms with Crippen molar-refractivity contribution in [2.45, 2.75) is 44.3 Å². The number of nitrogens with zero attached hydrogens (tertiary/aromatic N) is 1. The summed E-state index contributed by atoms with van der Waals surface area (Å²) >= 11 is 0. The first kappa shape index (κ1) is 17.9. The number of aryl methyl sites for hydroxylation is 1. The van der Waals surface area contributed by atoms with Gasteiger partial charge in [-0.1, -0.05) is 24.3 Å². The first-order valence-electron chi connectivity index (χ1n) is 8.75. The van der Waals surface area contributed by atoms with Crippen LogP contribution in [0, 0.1) is 6.92 Å². The van der Waals surface area contributed by atoms with Crippen molar-refractivity contribution in [2.24, 2.45) is 0 Å². The Kier molecular flexibility index (Phi) is 5.11. The number of carboxylic acids is 1. The van der Waals surface area contributed by atoms with Gasteiger partial charge in [0.05, 0.1) is 18.1 Å². The molecule has 3 rings (SSSR count). The summed E-state index contributed by atoms with van der Waals surface area (Å²) in [5.41, 5.74) is 1.45. The quantitative estimate of drug-likeness (QED) is 0.901. The number of ether oxygens (including phenoxy) is 2. The second-order valence-corrected chi connectivity index (χ2v) is 6.99. The molecular weight excluding hydrogens is 322 g/mol. The topological polar surface area (TPSA) is 76.1 Å². The summed E-state index contributed by atoms with van der Waals surface area (Å²) in [6.07, 6.45) is -0.0469. The molecule has 0 radical (unpaired) electrons. The van der Waals surface area contributed by atoms with Crippen molar-refractivity contribution in [3.05, 3.63) is 35.4 Å². The summed E-state index contributed by atoms with van der Waals surface area (Å²) in [5.74, 6) is -1.03. The van der Waals surface area contributed by atoms with Crippen LogP contribution in [0.3, 0.4) is 0 Å². The molecule has 2 saturated heterocycles. The van der Waals surface area contributed by atoms with Crippen molar-refractivity contribution in [1.82, 2.24) is 4.90 Å². The van der Waals surface area contributed by atoms with Crippen LogP contribution in [0.1, 0.15) is 30.9 Å². The van der Waals surface area contributed by atoms with Crippen LogP contribution in [0.25, 0.3) is 0 Å². The van der Waals surface area contributed by atoms with Gasteiger partial charge in [-0.25, -0.2) is 4.79 Å². The minimum absolute atomic E-state index is 0.00787. The van der Waals surface area contributed by atoms with E-state index in [0.29, 0.717) is 32.6 Å². The summed E-state index contributed by atoms with van der Waals surface area (Å²) in [4.78, 5) is 26.6. The van der Waals surface area contributed by atoms with Crippen LogP contribution in [0.2, 0.25) is 0 Å². The normalized spacial score (nSPS) is 26.2. The van der Waals surface area contributed by atoms with Crippen LogP contribution in [0.4, 0.5) is 0 Å². The smallest absolute Gasteiger partial charge is 0.334 e. The molecule has 6 heteroatoms. The molecule has 2 aliphatic rings. The molecular formula is C19H25NO5. The Morgan fingerprint density at radius 2 is 1.88 bits per heavy atom. The van der Waals surface area contributed by atoms with Crippen LogP contribution in [-0.2, 0) is 24.5 Å². The lowest BCUT2D eigenvalue weighted by atomic mass is 9.71. The van der Waals surface area contributed by atoms with E-state index < -0.39 is 17.5 Å². The van der Waals surface area contributed by atoms with E-state index in [1.54, 1.807) is 11.8 Å². The van der Waals surface area contributed by atoms with Crippen LogP contribution in [0.5, 0.6) is 0 Å². The van der Waals surface area contributed by atoms with Crippen molar-refractivity contribution < 1.29 is 24.2 Å². The first-order valence-corrected chi connectivity index (χ1v) is 8.75. The molecule has 1 aromatic rings. The van der Waals surface area contributed by atoms with Gasteiger partial charge >= 0.3 is 5.97 Å². The fourth-order valence-electron chi connectivity index (χ4n) is 3.98. The number of morpholine rings is 1. The Balaban J connectivity index is 1.95. The average Bonchev–Trinajstić information content (AvgIpc) is 2.61. The van der Waals surface area contributed by atoms with E-state index in [2.05, 4.69) is 0 Å². The van der Waals surface area contributed by atoms with Gasteiger partial charge in [0, 0.05) is 19.8 Å². The Morgan fingerprint density at radius 1 is 1.20 bits per heavy atom. The van der Waals surface area contributed by atoms with E-state index in [-0.39, 0.29) is 18.6 Å². The fraction of sp³-hybridized carbons (Fsp3) is 0.579. The monoisotopic (exact) mass is 347 g/mol. The highest BCUT2D eigenvalue weighted by molar-refractivity contribution is 5.89. The van der Waals surface area contributed by atoms with E-state index in [9.17, 15) is 14.7 Å². The Bertz CT molecular complexity index is 653. The van der Waals surface area contributed by atoms with Gasteiger partial charge in [0.1, 0.15) is 0 Å². The fourth-order valence-corrected chi connectivity index (χ4v) is 3.98. The lowest BCUT2D eigenvalue weighted by Crippen LogP contribution is -2.58. The SMILES string of the molecule is Cc1ccccc1C1(C(=O)N2CC(C(=O)O)O[C@H](C)C2)CCOCC1. The molecule has 1 amide bonds. The molecule has 1 N–H and O–H groups in total. The van der Waals surface area contributed by atoms with E-state index in [0.717, 1.165) is 11.1 Å². The highest BCUT2D eigenvalue weighted by atomic mass is 16.5. The number of carbonyl (C=O) groups excluding carboxylic acids is 1. The van der Waals surface area contributed by atoms with E-state index in [1.165, 1.54) is 0 Å². The number of hydrogen-bond donors (Lipinski definition) is 1. The van der Waals surface area contributed by atoms with Crippen LogP contribution in [-0.4, -0.2) is 60.4 Å². The van der Waals surface area contributed by atoms with Crippen molar-refractivity contribution >= 4 is 11.9 Å². The molecule has 136 valence electrons. The first-order chi connectivity index (χ1) is 11.9. The molecule has 2 fully saturated rings. The molecule has 0 saturated carbocycles. The Labute approximate surface area is 147 Å². The van der Waals surface area contributed by atoms with Crippen molar-refractivity contribution in [1.29, 1.82) is 0 Å². The molecule has 1 unspecified atom stereocenters. The molecule has 0 aliphatic carbocycles. The van der Waals surface area contributed by atoms with Crippen molar-refractivity contribution in [2.75, 3.05) is 26.3 Å². The standard InChI is InChI=1S/C19H25NO5/c1-13-5-3-4-6-15(13)19(7-9-24-10-8-19)18(23)20-11-14(2)25-16(12-20)17(21)22/h3-6,14,16H,7-12H2,1-2H3,(H,21,22)/t14-,16?/m1/s1. The zero-order chi connectivity index (χ0) is 18.0. The number of carbonyl (C=O) groups is 2. The second kappa shape index (κ2) is 7.14. The molecule has 0 aromatic heterocycles. The zero-order valence-electron chi connectivity index (χ0n) is 14.7. The predicted octanol–water partition coefficient (Wildman–Crippen LogP) is 1.74. The number of benzene rings is 1. The zero-order valence-corrected chi connectivity index (χ0v) is 14.7. The Hall–Kier alpha value is -1.92. The summed E-state index contributed by atoms with van der Waals surface area (Å²) < 4.78 is 11.0. The van der Waals surface area contributed by atoms with Crippen LogP contribution >= 0.6 is 0 Å². The molecule has 6 nitrogen and oxygen atoms in total. The predicted molar refractivity (Wildman–Crippen MR) is 91.5 cm³/mol. The number of carboxylic acid groups (broad SMARTS) is 1. The summed E-state index contributed by atoms with van der Waals surface area (Å²) in [6.45, 7) is 5.39. The largest absolute Gasteiger partial charge is 0.479 e. The lowest BCUT2D eigenvalue weighted by molar-refractivity contribution is -0.169. The molecule has 25 heavy (non-hydrogen) atoms. The maximum Gasteiger partial charge on any atom is 0.334 e. The van der Waals surface area contributed by atoms with Gasteiger partial charge < -0.3 is 19.5 Å². The highest BCUT2D eigenvalue weighted by Gasteiger charge is 2.46. The molecule has 2 heterocycles. The molecule has 2 aliphatic heterocycles. The van der Waals surface area contributed by atoms with E-state index in [4.69, 9.17) is 9.47 Å². The minimum atomic E-state index is -1.03. The summed E-state index contributed by atoms with van der Waals surface area (Å²) in [6, 6.07) is 7.95. The van der Waals surface area contributed by atoms with Gasteiger partial charge in [-0.15, -0.1) is 0 Å².